The fourth-order valence-corrected chi connectivity index (χ4v) is 5.99. The van der Waals surface area contributed by atoms with Crippen molar-refractivity contribution in [2.75, 3.05) is 28.9 Å². The van der Waals surface area contributed by atoms with Crippen LogP contribution in [0.3, 0.4) is 0 Å². The lowest BCUT2D eigenvalue weighted by Gasteiger charge is -2.26. The summed E-state index contributed by atoms with van der Waals surface area (Å²) in [6.45, 7) is 3.25. The predicted octanol–water partition coefficient (Wildman–Crippen LogP) is 6.25. The Bertz CT molecular complexity index is 1740. The number of benzene rings is 2. The van der Waals surface area contributed by atoms with Crippen molar-refractivity contribution in [3.8, 4) is 22.9 Å². The first-order valence-electron chi connectivity index (χ1n) is 13.6. The van der Waals surface area contributed by atoms with Gasteiger partial charge in [-0.2, -0.15) is 0 Å². The monoisotopic (exact) mass is 654 g/mol. The molecule has 1 fully saturated rings. The average Bonchev–Trinajstić information content (AvgIpc) is 2.95. The molecule has 236 valence electrons. The normalized spacial score (nSPS) is 17.1. The predicted molar refractivity (Wildman–Crippen MR) is 164 cm³/mol. The van der Waals surface area contributed by atoms with Crippen LogP contribution in [0.1, 0.15) is 25.3 Å². The molecule has 0 unspecified atom stereocenters. The molecule has 0 bridgehead atoms. The minimum atomic E-state index is -4.29. The molecule has 15 heteroatoms. The van der Waals surface area contributed by atoms with Crippen LogP contribution in [0.2, 0.25) is 0 Å². The van der Waals surface area contributed by atoms with Crippen molar-refractivity contribution in [3.05, 3.63) is 66.2 Å². The molecule has 0 radical (unpaired) electrons. The minimum Gasteiger partial charge on any atom is -0.437 e. The van der Waals surface area contributed by atoms with E-state index in [1.807, 2.05) is 0 Å². The molecule has 2 aromatic heterocycles. The van der Waals surface area contributed by atoms with Crippen molar-refractivity contribution in [3.63, 3.8) is 0 Å². The molecule has 2 atom stereocenters. The van der Waals surface area contributed by atoms with Crippen molar-refractivity contribution >= 4 is 44.8 Å². The van der Waals surface area contributed by atoms with Gasteiger partial charge in [0.2, 0.25) is 27.8 Å². The van der Waals surface area contributed by atoms with Gasteiger partial charge in [0, 0.05) is 55.1 Å². The Balaban J connectivity index is 0.00000442. The molecule has 0 saturated carbocycles. The molecule has 0 amide bonds. The van der Waals surface area contributed by atoms with Crippen LogP contribution in [-0.4, -0.2) is 60.3 Å². The van der Waals surface area contributed by atoms with E-state index in [4.69, 9.17) is 4.74 Å². The lowest BCUT2D eigenvalue weighted by Crippen LogP contribution is -2.44. The molecule has 3 N–H and O–H groups in total. The van der Waals surface area contributed by atoms with Crippen molar-refractivity contribution in [1.29, 1.82) is 0 Å². The number of halogens is 5. The van der Waals surface area contributed by atoms with Crippen LogP contribution in [0.15, 0.2) is 54.9 Å². The largest absolute Gasteiger partial charge is 0.437 e. The third kappa shape index (κ3) is 8.04. The smallest absolute Gasteiger partial charge is 0.246 e. The number of sulfonamides is 1. The number of nitrogens with zero attached hydrogens (tertiary/aromatic N) is 3. The first-order valence-corrected chi connectivity index (χ1v) is 15.2. The minimum absolute atomic E-state index is 0. The highest BCUT2D eigenvalue weighted by Gasteiger charge is 2.27. The Morgan fingerprint density at radius 3 is 2.59 bits per heavy atom. The Hall–Kier alpha value is -3.75. The standard InChI is InChI=1S/C29H30F4N6O3S.ClH/c1-17-5-6-20-21(7-8-23(31)25(20)39-43(40,41)13-10-29(2,32)33)26(17)42-27-22(4-3-11-35-27)24-9-12-36-28(38-24)37-19-14-18(30)15-34-16-19;/h3-9,11-12,18-19,34,39H,10,13-16H2,1-2H3,(H,36,37,38);1H/t18-,19-;/m0./s1. The SMILES string of the molecule is Cc1ccc2c(NS(=O)(=O)CCC(C)(F)F)c(F)ccc2c1Oc1ncccc1-c1ccnc(N[C@@H]2CNC[C@@H](F)C2)n1.Cl. The van der Waals surface area contributed by atoms with Crippen molar-refractivity contribution in [2.24, 2.45) is 0 Å². The van der Waals surface area contributed by atoms with Gasteiger partial charge in [-0.3, -0.25) is 4.72 Å². The highest BCUT2D eigenvalue weighted by Crippen LogP contribution is 2.40. The van der Waals surface area contributed by atoms with Gasteiger partial charge in [-0.05, 0) is 49.7 Å². The van der Waals surface area contributed by atoms with Crippen LogP contribution in [0, 0.1) is 12.7 Å². The summed E-state index contributed by atoms with van der Waals surface area (Å²) in [6.07, 6.45) is 1.52. The van der Waals surface area contributed by atoms with Crippen LogP contribution >= 0.6 is 12.4 Å². The number of aryl methyl sites for hydroxylation is 1. The summed E-state index contributed by atoms with van der Waals surface area (Å²) in [5, 5.41) is 6.72. The number of hydrogen-bond donors (Lipinski definition) is 3. The number of aromatic nitrogens is 3. The van der Waals surface area contributed by atoms with Crippen molar-refractivity contribution < 1.29 is 30.7 Å². The molecule has 9 nitrogen and oxygen atoms in total. The lowest BCUT2D eigenvalue weighted by molar-refractivity contribution is 0.0189. The molecule has 44 heavy (non-hydrogen) atoms. The molecule has 1 aliphatic rings. The number of ether oxygens (including phenoxy) is 1. The summed E-state index contributed by atoms with van der Waals surface area (Å²) in [7, 11) is -4.29. The molecule has 3 heterocycles. The van der Waals surface area contributed by atoms with Gasteiger partial charge in [0.05, 0.1) is 22.7 Å². The second kappa shape index (κ2) is 13.5. The highest BCUT2D eigenvalue weighted by molar-refractivity contribution is 7.92. The lowest BCUT2D eigenvalue weighted by atomic mass is 10.0. The van der Waals surface area contributed by atoms with Crippen LogP contribution in [0.5, 0.6) is 11.6 Å². The van der Waals surface area contributed by atoms with E-state index in [9.17, 15) is 26.0 Å². The van der Waals surface area contributed by atoms with Crippen molar-refractivity contribution in [1.82, 2.24) is 20.3 Å². The molecule has 4 aromatic rings. The summed E-state index contributed by atoms with van der Waals surface area (Å²) in [4.78, 5) is 13.2. The average molecular weight is 655 g/mol. The van der Waals surface area contributed by atoms with Gasteiger partial charge in [-0.15, -0.1) is 12.4 Å². The summed E-state index contributed by atoms with van der Waals surface area (Å²) in [6, 6.07) is 10.6. The number of nitrogens with one attached hydrogen (secondary N) is 3. The van der Waals surface area contributed by atoms with Crippen LogP contribution in [0.4, 0.5) is 29.2 Å². The van der Waals surface area contributed by atoms with Crippen LogP contribution < -0.4 is 20.1 Å². The molecule has 1 saturated heterocycles. The topological polar surface area (TPSA) is 118 Å². The first-order chi connectivity index (χ1) is 20.4. The Morgan fingerprint density at radius 2 is 1.84 bits per heavy atom. The van der Waals surface area contributed by atoms with Gasteiger partial charge in [0.1, 0.15) is 17.7 Å². The summed E-state index contributed by atoms with van der Waals surface area (Å²) in [5.41, 5.74) is 1.26. The molecule has 0 aliphatic carbocycles. The fourth-order valence-electron chi connectivity index (χ4n) is 4.74. The third-order valence-corrected chi connectivity index (χ3v) is 8.15. The van der Waals surface area contributed by atoms with E-state index >= 15 is 0 Å². The molecule has 0 spiro atoms. The van der Waals surface area contributed by atoms with E-state index in [0.717, 1.165) is 6.07 Å². The number of anilines is 2. The van der Waals surface area contributed by atoms with Gasteiger partial charge in [0.25, 0.3) is 0 Å². The zero-order valence-corrected chi connectivity index (χ0v) is 25.4. The van der Waals surface area contributed by atoms with Gasteiger partial charge in [-0.1, -0.05) is 12.1 Å². The maximum absolute atomic E-state index is 14.9. The highest BCUT2D eigenvalue weighted by atomic mass is 35.5. The van der Waals surface area contributed by atoms with E-state index in [2.05, 4.69) is 30.3 Å². The van der Waals surface area contributed by atoms with Gasteiger partial charge >= 0.3 is 0 Å². The van der Waals surface area contributed by atoms with Gasteiger partial charge in [0.15, 0.2) is 0 Å². The first kappa shape index (κ1) is 33.1. The third-order valence-electron chi connectivity index (χ3n) is 6.90. The number of pyridine rings is 1. The summed E-state index contributed by atoms with van der Waals surface area (Å²) < 4.78 is 88.9. The van der Waals surface area contributed by atoms with Gasteiger partial charge < -0.3 is 15.4 Å². The van der Waals surface area contributed by atoms with E-state index < -0.39 is 40.1 Å². The Labute approximate surface area is 258 Å². The number of fused-ring (bicyclic) bond motifs is 1. The molecule has 5 rings (SSSR count). The molecular weight excluding hydrogens is 624 g/mol. The maximum Gasteiger partial charge on any atom is 0.246 e. The van der Waals surface area contributed by atoms with Crippen molar-refractivity contribution in [2.45, 2.75) is 44.8 Å². The van der Waals surface area contributed by atoms with E-state index in [-0.39, 0.29) is 41.2 Å². The molecule has 2 aromatic carbocycles. The number of hydrogen-bond acceptors (Lipinski definition) is 8. The number of alkyl halides is 3. The summed E-state index contributed by atoms with van der Waals surface area (Å²) in [5.74, 6) is -4.20. The summed E-state index contributed by atoms with van der Waals surface area (Å²) >= 11 is 0. The second-order valence-electron chi connectivity index (χ2n) is 10.5. The molecular formula is C29H31ClF4N6O3S. The van der Waals surface area contributed by atoms with E-state index in [0.29, 0.717) is 54.6 Å². The fraction of sp³-hybridized carbons (Fsp3) is 0.345. The van der Waals surface area contributed by atoms with Crippen LogP contribution in [0.25, 0.3) is 22.0 Å². The molecule has 1 aliphatic heterocycles. The van der Waals surface area contributed by atoms with E-state index in [1.165, 1.54) is 18.3 Å². The van der Waals surface area contributed by atoms with Gasteiger partial charge in [-0.25, -0.2) is 40.9 Å². The number of rotatable bonds is 10. The Morgan fingerprint density at radius 1 is 1.07 bits per heavy atom. The zero-order chi connectivity index (χ0) is 30.8. The number of piperidine rings is 1. The maximum atomic E-state index is 14.9. The second-order valence-corrected chi connectivity index (χ2v) is 12.4. The van der Waals surface area contributed by atoms with E-state index in [1.54, 1.807) is 37.4 Å². The van der Waals surface area contributed by atoms with Crippen LogP contribution in [-0.2, 0) is 10.0 Å². The Kier molecular flexibility index (Phi) is 10.2. The quantitative estimate of drug-likeness (QED) is 0.172. The zero-order valence-electron chi connectivity index (χ0n) is 23.8.